The molecule has 1 amide bonds. The number of nitrogens with zero attached hydrogens (tertiary/aromatic N) is 1. The maximum atomic E-state index is 11.8. The molecule has 2 N–H and O–H groups in total. The largest absolute Gasteiger partial charge is 0.391 e. The molecule has 17 heavy (non-hydrogen) atoms. The Morgan fingerprint density at radius 2 is 2.24 bits per heavy atom. The average Bonchev–Trinajstić information content (AvgIpc) is 2.63. The molecule has 1 fully saturated rings. The summed E-state index contributed by atoms with van der Waals surface area (Å²) in [7, 11) is 0. The number of hydrogen-bond acceptors (Lipinski definition) is 4. The summed E-state index contributed by atoms with van der Waals surface area (Å²) >= 11 is 0. The number of aromatic nitrogens is 1. The van der Waals surface area contributed by atoms with E-state index >= 15 is 0 Å². The Morgan fingerprint density at radius 3 is 2.94 bits per heavy atom. The standard InChI is InChI=1S/C12H18N2O3/c1-8-7-10(14-17-8)12(16)13-9-5-3-2-4-6-11(9)15/h7,9,11,15H,2-6H2,1H3,(H,13,16). The van der Waals surface area contributed by atoms with Gasteiger partial charge in [-0.05, 0) is 19.8 Å². The maximum absolute atomic E-state index is 11.8. The normalized spacial score (nSPS) is 25.3. The average molecular weight is 238 g/mol. The molecule has 5 nitrogen and oxygen atoms in total. The molecule has 2 unspecified atom stereocenters. The molecular formula is C12H18N2O3. The van der Waals surface area contributed by atoms with Crippen LogP contribution in [0.15, 0.2) is 10.6 Å². The molecule has 1 aliphatic rings. The molecule has 1 aliphatic carbocycles. The van der Waals surface area contributed by atoms with Crippen molar-refractivity contribution in [3.05, 3.63) is 17.5 Å². The second-order valence-electron chi connectivity index (χ2n) is 4.61. The Morgan fingerprint density at radius 1 is 1.47 bits per heavy atom. The van der Waals surface area contributed by atoms with Crippen molar-refractivity contribution in [3.63, 3.8) is 0 Å². The lowest BCUT2D eigenvalue weighted by Crippen LogP contribution is -2.42. The van der Waals surface area contributed by atoms with Crippen LogP contribution < -0.4 is 5.32 Å². The zero-order valence-electron chi connectivity index (χ0n) is 9.98. The molecule has 2 rings (SSSR count). The van der Waals surface area contributed by atoms with Crippen molar-refractivity contribution < 1.29 is 14.4 Å². The van der Waals surface area contributed by atoms with Gasteiger partial charge in [0, 0.05) is 6.07 Å². The molecule has 2 atom stereocenters. The number of amides is 1. The van der Waals surface area contributed by atoms with Crippen LogP contribution in [0, 0.1) is 6.92 Å². The smallest absolute Gasteiger partial charge is 0.273 e. The first-order valence-corrected chi connectivity index (χ1v) is 6.09. The lowest BCUT2D eigenvalue weighted by Gasteiger charge is -2.20. The summed E-state index contributed by atoms with van der Waals surface area (Å²) in [5, 5.41) is 16.4. The second kappa shape index (κ2) is 5.31. The number of carbonyl (C=O) groups is 1. The molecule has 0 aromatic carbocycles. The van der Waals surface area contributed by atoms with E-state index in [2.05, 4.69) is 10.5 Å². The molecule has 1 aromatic rings. The van der Waals surface area contributed by atoms with Crippen LogP contribution in [-0.4, -0.2) is 28.3 Å². The van der Waals surface area contributed by atoms with Crippen molar-refractivity contribution in [1.82, 2.24) is 10.5 Å². The third-order valence-electron chi connectivity index (χ3n) is 3.16. The second-order valence-corrected chi connectivity index (χ2v) is 4.61. The van der Waals surface area contributed by atoms with E-state index in [-0.39, 0.29) is 17.6 Å². The Balaban J connectivity index is 1.97. The van der Waals surface area contributed by atoms with Crippen LogP contribution >= 0.6 is 0 Å². The van der Waals surface area contributed by atoms with Crippen LogP contribution in [0.1, 0.15) is 48.4 Å². The minimum Gasteiger partial charge on any atom is -0.391 e. The molecule has 1 saturated carbocycles. The van der Waals surface area contributed by atoms with Gasteiger partial charge in [-0.15, -0.1) is 0 Å². The number of aryl methyl sites for hydroxylation is 1. The molecule has 94 valence electrons. The van der Waals surface area contributed by atoms with Gasteiger partial charge in [0.15, 0.2) is 5.69 Å². The van der Waals surface area contributed by atoms with Crippen molar-refractivity contribution in [2.75, 3.05) is 0 Å². The van der Waals surface area contributed by atoms with Crippen LogP contribution in [0.5, 0.6) is 0 Å². The molecule has 0 saturated heterocycles. The van der Waals surface area contributed by atoms with Gasteiger partial charge in [-0.2, -0.15) is 0 Å². The van der Waals surface area contributed by atoms with Crippen molar-refractivity contribution in [2.24, 2.45) is 0 Å². The van der Waals surface area contributed by atoms with Gasteiger partial charge in [0.25, 0.3) is 5.91 Å². The van der Waals surface area contributed by atoms with Crippen molar-refractivity contribution in [3.8, 4) is 0 Å². The Hall–Kier alpha value is -1.36. The summed E-state index contributed by atoms with van der Waals surface area (Å²) < 4.78 is 4.85. The van der Waals surface area contributed by atoms with E-state index in [9.17, 15) is 9.90 Å². The first-order valence-electron chi connectivity index (χ1n) is 6.09. The molecule has 0 aliphatic heterocycles. The molecule has 1 heterocycles. The van der Waals surface area contributed by atoms with E-state index < -0.39 is 6.10 Å². The molecule has 0 spiro atoms. The first kappa shape index (κ1) is 12.1. The SMILES string of the molecule is Cc1cc(C(=O)NC2CCCCCC2O)no1. The predicted molar refractivity (Wildman–Crippen MR) is 61.6 cm³/mol. The fourth-order valence-electron chi connectivity index (χ4n) is 2.17. The summed E-state index contributed by atoms with van der Waals surface area (Å²) in [5.74, 6) is 0.337. The summed E-state index contributed by atoms with van der Waals surface area (Å²) in [6, 6.07) is 1.43. The number of aliphatic hydroxyl groups excluding tert-OH is 1. The van der Waals surface area contributed by atoms with E-state index in [4.69, 9.17) is 4.52 Å². The molecule has 0 bridgehead atoms. The van der Waals surface area contributed by atoms with Crippen molar-refractivity contribution in [1.29, 1.82) is 0 Å². The number of nitrogens with one attached hydrogen (secondary N) is 1. The minimum absolute atomic E-state index is 0.165. The quantitative estimate of drug-likeness (QED) is 0.764. The maximum Gasteiger partial charge on any atom is 0.273 e. The van der Waals surface area contributed by atoms with E-state index in [1.807, 2.05) is 0 Å². The number of rotatable bonds is 2. The number of carbonyl (C=O) groups excluding carboxylic acids is 1. The molecule has 5 heteroatoms. The monoisotopic (exact) mass is 238 g/mol. The molecule has 0 radical (unpaired) electrons. The van der Waals surface area contributed by atoms with E-state index in [0.29, 0.717) is 5.76 Å². The summed E-state index contributed by atoms with van der Waals surface area (Å²) in [6.45, 7) is 1.74. The Bertz CT molecular complexity index is 389. The van der Waals surface area contributed by atoms with E-state index in [1.54, 1.807) is 13.0 Å². The lowest BCUT2D eigenvalue weighted by atomic mass is 10.1. The highest BCUT2D eigenvalue weighted by Gasteiger charge is 2.24. The summed E-state index contributed by atoms with van der Waals surface area (Å²) in [4.78, 5) is 11.8. The van der Waals surface area contributed by atoms with Gasteiger partial charge >= 0.3 is 0 Å². The zero-order valence-corrected chi connectivity index (χ0v) is 9.98. The van der Waals surface area contributed by atoms with Gasteiger partial charge in [-0.25, -0.2) is 0 Å². The summed E-state index contributed by atoms with van der Waals surface area (Å²) in [6.07, 6.45) is 4.31. The van der Waals surface area contributed by atoms with Gasteiger partial charge in [-0.3, -0.25) is 4.79 Å². The van der Waals surface area contributed by atoms with Crippen LogP contribution in [0.3, 0.4) is 0 Å². The number of aliphatic hydroxyl groups is 1. The highest BCUT2D eigenvalue weighted by Crippen LogP contribution is 2.18. The van der Waals surface area contributed by atoms with Gasteiger partial charge in [0.1, 0.15) is 5.76 Å². The third kappa shape index (κ3) is 3.06. The van der Waals surface area contributed by atoms with E-state index in [0.717, 1.165) is 32.1 Å². The van der Waals surface area contributed by atoms with Crippen molar-refractivity contribution in [2.45, 2.75) is 51.2 Å². The Labute approximate surface area is 100 Å². The number of hydrogen-bond donors (Lipinski definition) is 2. The fraction of sp³-hybridized carbons (Fsp3) is 0.667. The van der Waals surface area contributed by atoms with Crippen LogP contribution in [-0.2, 0) is 0 Å². The molecular weight excluding hydrogens is 220 g/mol. The first-order chi connectivity index (χ1) is 8.16. The van der Waals surface area contributed by atoms with Crippen LogP contribution in [0.2, 0.25) is 0 Å². The minimum atomic E-state index is -0.450. The zero-order chi connectivity index (χ0) is 12.3. The Kier molecular flexibility index (Phi) is 3.78. The van der Waals surface area contributed by atoms with Gasteiger partial charge < -0.3 is 14.9 Å². The van der Waals surface area contributed by atoms with Gasteiger partial charge in [0.2, 0.25) is 0 Å². The van der Waals surface area contributed by atoms with Crippen molar-refractivity contribution >= 4 is 5.91 Å². The van der Waals surface area contributed by atoms with Gasteiger partial charge in [0.05, 0.1) is 12.1 Å². The molecule has 1 aromatic heterocycles. The summed E-state index contributed by atoms with van der Waals surface area (Å²) in [5.41, 5.74) is 0.277. The lowest BCUT2D eigenvalue weighted by molar-refractivity contribution is 0.0810. The van der Waals surface area contributed by atoms with E-state index in [1.165, 1.54) is 0 Å². The third-order valence-corrected chi connectivity index (χ3v) is 3.16. The van der Waals surface area contributed by atoms with Crippen LogP contribution in [0.25, 0.3) is 0 Å². The topological polar surface area (TPSA) is 75.4 Å². The highest BCUT2D eigenvalue weighted by molar-refractivity contribution is 5.92. The van der Waals surface area contributed by atoms with Crippen LogP contribution in [0.4, 0.5) is 0 Å². The predicted octanol–water partition coefficient (Wildman–Crippen LogP) is 1.41. The fourth-order valence-corrected chi connectivity index (χ4v) is 2.17. The highest BCUT2D eigenvalue weighted by atomic mass is 16.5. The van der Waals surface area contributed by atoms with Gasteiger partial charge in [-0.1, -0.05) is 24.4 Å².